The van der Waals surface area contributed by atoms with E-state index >= 15 is 0 Å². The Hall–Kier alpha value is -2.14. The first-order valence-electron chi connectivity index (χ1n) is 6.37. The van der Waals surface area contributed by atoms with Gasteiger partial charge in [0.15, 0.2) is 0 Å². The summed E-state index contributed by atoms with van der Waals surface area (Å²) in [7, 11) is 3.03. The number of methoxy groups -OCH3 is 2. The van der Waals surface area contributed by atoms with Gasteiger partial charge in [-0.3, -0.25) is 4.79 Å². The molecule has 5 nitrogen and oxygen atoms in total. The van der Waals surface area contributed by atoms with Crippen molar-refractivity contribution in [2.24, 2.45) is 0 Å². The summed E-state index contributed by atoms with van der Waals surface area (Å²) in [5.41, 5.74) is 0.507. The number of aryl methyl sites for hydroxylation is 1. The molecule has 1 amide bonds. The highest BCUT2D eigenvalue weighted by Crippen LogP contribution is 2.35. The molecule has 0 aliphatic carbocycles. The molecule has 0 unspecified atom stereocenters. The van der Waals surface area contributed by atoms with Crippen molar-refractivity contribution in [3.05, 3.63) is 41.3 Å². The van der Waals surface area contributed by atoms with Crippen LogP contribution in [-0.4, -0.2) is 20.1 Å². The van der Waals surface area contributed by atoms with Crippen molar-refractivity contribution < 1.29 is 18.7 Å². The average Bonchev–Trinajstić information content (AvgIpc) is 2.99. The molecular weight excluding hydrogens is 294 g/mol. The van der Waals surface area contributed by atoms with Crippen molar-refractivity contribution in [2.75, 3.05) is 19.5 Å². The van der Waals surface area contributed by atoms with Crippen LogP contribution in [0, 0.1) is 0 Å². The number of rotatable bonds is 6. The molecule has 0 saturated carbocycles. The maximum absolute atomic E-state index is 12.0. The Morgan fingerprint density at radius 1 is 1.29 bits per heavy atom. The van der Waals surface area contributed by atoms with Crippen LogP contribution in [0.25, 0.3) is 0 Å². The average molecular weight is 310 g/mol. The van der Waals surface area contributed by atoms with Crippen molar-refractivity contribution in [3.8, 4) is 11.5 Å². The van der Waals surface area contributed by atoms with Crippen LogP contribution in [-0.2, 0) is 11.2 Å². The van der Waals surface area contributed by atoms with E-state index in [-0.39, 0.29) is 5.91 Å². The van der Waals surface area contributed by atoms with Gasteiger partial charge in [0.25, 0.3) is 0 Å². The Kier molecular flexibility index (Phi) is 5.11. The molecule has 0 radical (unpaired) electrons. The molecule has 1 aromatic carbocycles. The van der Waals surface area contributed by atoms with E-state index in [0.717, 1.165) is 5.76 Å². The number of hydrogen-bond donors (Lipinski definition) is 1. The van der Waals surface area contributed by atoms with Gasteiger partial charge in [0.1, 0.15) is 17.3 Å². The SMILES string of the molecule is COc1cc(OC)c(NC(=O)CCc2ccco2)cc1Cl. The molecule has 21 heavy (non-hydrogen) atoms. The number of anilines is 1. The van der Waals surface area contributed by atoms with Gasteiger partial charge in [0.2, 0.25) is 5.91 Å². The number of amides is 1. The third-order valence-electron chi connectivity index (χ3n) is 2.93. The van der Waals surface area contributed by atoms with Crippen molar-refractivity contribution in [2.45, 2.75) is 12.8 Å². The highest BCUT2D eigenvalue weighted by atomic mass is 35.5. The van der Waals surface area contributed by atoms with Gasteiger partial charge in [0, 0.05) is 18.9 Å². The lowest BCUT2D eigenvalue weighted by atomic mass is 10.2. The van der Waals surface area contributed by atoms with Crippen LogP contribution in [0.5, 0.6) is 11.5 Å². The molecule has 1 heterocycles. The second-order valence-electron chi connectivity index (χ2n) is 4.31. The lowest BCUT2D eigenvalue weighted by Crippen LogP contribution is -2.13. The summed E-state index contributed by atoms with van der Waals surface area (Å²) in [5.74, 6) is 1.60. The van der Waals surface area contributed by atoms with Crippen LogP contribution >= 0.6 is 11.6 Å². The summed E-state index contributed by atoms with van der Waals surface area (Å²) in [6, 6.07) is 6.85. The molecule has 0 fully saturated rings. The topological polar surface area (TPSA) is 60.7 Å². The predicted octanol–water partition coefficient (Wildman–Crippen LogP) is 3.52. The number of hydrogen-bond acceptors (Lipinski definition) is 4. The second-order valence-corrected chi connectivity index (χ2v) is 4.72. The number of halogens is 1. The van der Waals surface area contributed by atoms with Gasteiger partial charge in [-0.05, 0) is 18.2 Å². The Bertz CT molecular complexity index is 610. The monoisotopic (exact) mass is 309 g/mol. The fraction of sp³-hybridized carbons (Fsp3) is 0.267. The number of carbonyl (C=O) groups is 1. The quantitative estimate of drug-likeness (QED) is 0.887. The van der Waals surface area contributed by atoms with Crippen molar-refractivity contribution in [1.82, 2.24) is 0 Å². The third-order valence-corrected chi connectivity index (χ3v) is 3.22. The summed E-state index contributed by atoms with van der Waals surface area (Å²) < 4.78 is 15.5. The maximum Gasteiger partial charge on any atom is 0.224 e. The highest BCUT2D eigenvalue weighted by molar-refractivity contribution is 6.32. The maximum atomic E-state index is 12.0. The first-order valence-corrected chi connectivity index (χ1v) is 6.75. The van der Waals surface area contributed by atoms with Crippen molar-refractivity contribution in [3.63, 3.8) is 0 Å². The molecule has 112 valence electrons. The van der Waals surface area contributed by atoms with E-state index in [0.29, 0.717) is 35.1 Å². The molecule has 1 N–H and O–H groups in total. The van der Waals surface area contributed by atoms with E-state index in [2.05, 4.69) is 5.32 Å². The molecule has 0 saturated heterocycles. The van der Waals surface area contributed by atoms with Gasteiger partial charge >= 0.3 is 0 Å². The fourth-order valence-electron chi connectivity index (χ4n) is 1.86. The van der Waals surface area contributed by atoms with Crippen molar-refractivity contribution >= 4 is 23.2 Å². The molecule has 1 aromatic heterocycles. The predicted molar refractivity (Wildman–Crippen MR) is 80.2 cm³/mol. The van der Waals surface area contributed by atoms with Crippen LogP contribution in [0.15, 0.2) is 34.9 Å². The summed E-state index contributed by atoms with van der Waals surface area (Å²) in [4.78, 5) is 12.0. The van der Waals surface area contributed by atoms with Crippen LogP contribution in [0.2, 0.25) is 5.02 Å². The van der Waals surface area contributed by atoms with Gasteiger partial charge < -0.3 is 19.2 Å². The Morgan fingerprint density at radius 3 is 2.67 bits per heavy atom. The molecule has 2 aromatic rings. The van der Waals surface area contributed by atoms with Gasteiger partial charge in [-0.2, -0.15) is 0 Å². The largest absolute Gasteiger partial charge is 0.495 e. The summed E-state index contributed by atoms with van der Waals surface area (Å²) in [6.45, 7) is 0. The zero-order valence-corrected chi connectivity index (χ0v) is 12.6. The number of nitrogens with one attached hydrogen (secondary N) is 1. The van der Waals surface area contributed by atoms with Crippen molar-refractivity contribution in [1.29, 1.82) is 0 Å². The fourth-order valence-corrected chi connectivity index (χ4v) is 2.10. The van der Waals surface area contributed by atoms with E-state index < -0.39 is 0 Å². The minimum atomic E-state index is -0.147. The Labute approximate surface area is 127 Å². The standard InChI is InChI=1S/C15H16ClNO4/c1-19-13-9-14(20-2)12(8-11(13)16)17-15(18)6-5-10-4-3-7-21-10/h3-4,7-9H,5-6H2,1-2H3,(H,17,18). The first kappa shape index (κ1) is 15.3. The second kappa shape index (κ2) is 7.04. The molecule has 0 aliphatic heterocycles. The highest BCUT2D eigenvalue weighted by Gasteiger charge is 2.12. The van der Waals surface area contributed by atoms with Crippen LogP contribution in [0.4, 0.5) is 5.69 Å². The van der Waals surface area contributed by atoms with E-state index in [1.165, 1.54) is 14.2 Å². The third kappa shape index (κ3) is 3.92. The van der Waals surface area contributed by atoms with Crippen LogP contribution < -0.4 is 14.8 Å². The molecule has 2 rings (SSSR count). The molecule has 6 heteroatoms. The minimum absolute atomic E-state index is 0.147. The number of carbonyl (C=O) groups excluding carboxylic acids is 1. The summed E-state index contributed by atoms with van der Waals surface area (Å²) in [5, 5.41) is 3.17. The molecule has 0 bridgehead atoms. The van der Waals surface area contributed by atoms with E-state index in [1.54, 1.807) is 24.5 Å². The summed E-state index contributed by atoms with van der Waals surface area (Å²) in [6.07, 6.45) is 2.42. The normalized spacial score (nSPS) is 10.2. The lowest BCUT2D eigenvalue weighted by Gasteiger charge is -2.13. The van der Waals surface area contributed by atoms with E-state index in [1.807, 2.05) is 6.07 Å². The molecule has 0 aliphatic rings. The van der Waals surface area contributed by atoms with Gasteiger partial charge in [-0.1, -0.05) is 11.6 Å². The zero-order chi connectivity index (χ0) is 15.2. The molecule has 0 atom stereocenters. The van der Waals surface area contributed by atoms with Gasteiger partial charge in [0.05, 0.1) is 31.2 Å². The number of ether oxygens (including phenoxy) is 2. The van der Waals surface area contributed by atoms with Crippen LogP contribution in [0.1, 0.15) is 12.2 Å². The first-order chi connectivity index (χ1) is 10.1. The number of furan rings is 1. The summed E-state index contributed by atoms with van der Waals surface area (Å²) >= 11 is 6.05. The Morgan fingerprint density at radius 2 is 2.05 bits per heavy atom. The molecular formula is C15H16ClNO4. The van der Waals surface area contributed by atoms with Gasteiger partial charge in [-0.25, -0.2) is 0 Å². The molecule has 0 spiro atoms. The van der Waals surface area contributed by atoms with Gasteiger partial charge in [-0.15, -0.1) is 0 Å². The smallest absolute Gasteiger partial charge is 0.224 e. The Balaban J connectivity index is 2.04. The minimum Gasteiger partial charge on any atom is -0.495 e. The van der Waals surface area contributed by atoms with E-state index in [4.69, 9.17) is 25.5 Å². The van der Waals surface area contributed by atoms with Crippen LogP contribution in [0.3, 0.4) is 0 Å². The number of benzene rings is 1. The zero-order valence-electron chi connectivity index (χ0n) is 11.8. The lowest BCUT2D eigenvalue weighted by molar-refractivity contribution is -0.116. The van der Waals surface area contributed by atoms with E-state index in [9.17, 15) is 4.79 Å².